The minimum Gasteiger partial charge on any atom is -0.492 e. The van der Waals surface area contributed by atoms with E-state index >= 15 is 0 Å². The summed E-state index contributed by atoms with van der Waals surface area (Å²) in [5.74, 6) is 2.62. The summed E-state index contributed by atoms with van der Waals surface area (Å²) in [6, 6.07) is 10.7. The van der Waals surface area contributed by atoms with Crippen LogP contribution in [0.25, 0.3) is 0 Å². The number of nitrogens with one attached hydrogen (secondary N) is 1. The van der Waals surface area contributed by atoms with Crippen LogP contribution < -0.4 is 10.1 Å². The van der Waals surface area contributed by atoms with Gasteiger partial charge in [0.15, 0.2) is 0 Å². The fourth-order valence-corrected chi connectivity index (χ4v) is 2.58. The smallest absolute Gasteiger partial charge is 0.119 e. The monoisotopic (exact) mass is 233 g/mol. The third kappa shape index (κ3) is 3.47. The molecule has 17 heavy (non-hydrogen) atoms. The Labute approximate surface area is 104 Å². The van der Waals surface area contributed by atoms with Crippen LogP contribution in [0.2, 0.25) is 0 Å². The molecule has 0 radical (unpaired) electrons. The van der Waals surface area contributed by atoms with Crippen molar-refractivity contribution in [2.45, 2.75) is 32.7 Å². The molecule has 1 aliphatic carbocycles. The molecule has 0 bridgehead atoms. The van der Waals surface area contributed by atoms with E-state index in [0.717, 1.165) is 30.7 Å². The molecule has 0 spiro atoms. The molecule has 0 amide bonds. The van der Waals surface area contributed by atoms with E-state index in [1.165, 1.54) is 12.8 Å². The van der Waals surface area contributed by atoms with E-state index in [1.807, 2.05) is 30.3 Å². The highest BCUT2D eigenvalue weighted by atomic mass is 16.5. The van der Waals surface area contributed by atoms with E-state index in [9.17, 15) is 0 Å². The number of rotatable bonds is 5. The molecule has 1 N–H and O–H groups in total. The summed E-state index contributed by atoms with van der Waals surface area (Å²) in [5.41, 5.74) is 0. The maximum atomic E-state index is 5.67. The fraction of sp³-hybridized carbons (Fsp3) is 0.600. The van der Waals surface area contributed by atoms with Gasteiger partial charge in [-0.2, -0.15) is 0 Å². The number of ether oxygens (including phenoxy) is 1. The van der Waals surface area contributed by atoms with Crippen LogP contribution in [0.4, 0.5) is 0 Å². The summed E-state index contributed by atoms with van der Waals surface area (Å²) in [7, 11) is 0. The van der Waals surface area contributed by atoms with E-state index in [2.05, 4.69) is 19.2 Å². The molecule has 1 fully saturated rings. The second-order valence-corrected chi connectivity index (χ2v) is 5.14. The number of benzene rings is 1. The molecule has 1 aliphatic rings. The van der Waals surface area contributed by atoms with Crippen LogP contribution >= 0.6 is 0 Å². The second-order valence-electron chi connectivity index (χ2n) is 5.14. The topological polar surface area (TPSA) is 21.3 Å². The Morgan fingerprint density at radius 1 is 1.18 bits per heavy atom. The lowest BCUT2D eigenvalue weighted by Gasteiger charge is -2.19. The maximum Gasteiger partial charge on any atom is 0.119 e. The number of hydrogen-bond donors (Lipinski definition) is 1. The lowest BCUT2D eigenvalue weighted by molar-refractivity contribution is 0.290. The Balaban J connectivity index is 1.64. The standard InChI is InChI=1S/C15H23NO/c1-12-8-9-15(13(12)2)16-10-11-17-14-6-4-3-5-7-14/h3-7,12-13,15-16H,8-11H2,1-2H3. The Kier molecular flexibility index (Phi) is 4.43. The van der Waals surface area contributed by atoms with Gasteiger partial charge in [0.2, 0.25) is 0 Å². The van der Waals surface area contributed by atoms with Crippen LogP contribution in [0.3, 0.4) is 0 Å². The maximum absolute atomic E-state index is 5.67. The van der Waals surface area contributed by atoms with Gasteiger partial charge >= 0.3 is 0 Å². The van der Waals surface area contributed by atoms with Gasteiger partial charge in [-0.3, -0.25) is 0 Å². The Bertz CT molecular complexity index is 325. The van der Waals surface area contributed by atoms with Crippen molar-refractivity contribution >= 4 is 0 Å². The van der Waals surface area contributed by atoms with Gasteiger partial charge in [0.1, 0.15) is 12.4 Å². The van der Waals surface area contributed by atoms with Crippen LogP contribution in [-0.2, 0) is 0 Å². The molecular formula is C15H23NO. The first-order chi connectivity index (χ1) is 8.27. The van der Waals surface area contributed by atoms with Crippen molar-refractivity contribution in [2.75, 3.05) is 13.2 Å². The highest BCUT2D eigenvalue weighted by Gasteiger charge is 2.28. The lowest BCUT2D eigenvalue weighted by Crippen LogP contribution is -2.35. The van der Waals surface area contributed by atoms with Gasteiger partial charge in [0, 0.05) is 12.6 Å². The zero-order valence-corrected chi connectivity index (χ0v) is 10.9. The van der Waals surface area contributed by atoms with Gasteiger partial charge in [0.05, 0.1) is 0 Å². The summed E-state index contributed by atoms with van der Waals surface area (Å²) in [4.78, 5) is 0. The molecule has 3 unspecified atom stereocenters. The van der Waals surface area contributed by atoms with Gasteiger partial charge in [-0.25, -0.2) is 0 Å². The number of hydrogen-bond acceptors (Lipinski definition) is 2. The van der Waals surface area contributed by atoms with E-state index in [-0.39, 0.29) is 0 Å². The molecule has 0 aromatic heterocycles. The molecule has 94 valence electrons. The SMILES string of the molecule is CC1CCC(NCCOc2ccccc2)C1C. The zero-order valence-electron chi connectivity index (χ0n) is 10.9. The number of para-hydroxylation sites is 1. The van der Waals surface area contributed by atoms with Crippen molar-refractivity contribution < 1.29 is 4.74 Å². The van der Waals surface area contributed by atoms with Crippen LogP contribution in [0, 0.1) is 11.8 Å². The average molecular weight is 233 g/mol. The fourth-order valence-electron chi connectivity index (χ4n) is 2.58. The lowest BCUT2D eigenvalue weighted by atomic mass is 9.98. The van der Waals surface area contributed by atoms with Gasteiger partial charge in [0.25, 0.3) is 0 Å². The predicted octanol–water partition coefficient (Wildman–Crippen LogP) is 3.09. The summed E-state index contributed by atoms with van der Waals surface area (Å²) >= 11 is 0. The van der Waals surface area contributed by atoms with Crippen LogP contribution in [0.15, 0.2) is 30.3 Å². The molecule has 1 aromatic carbocycles. The highest BCUT2D eigenvalue weighted by molar-refractivity contribution is 5.20. The predicted molar refractivity (Wildman–Crippen MR) is 71.3 cm³/mol. The van der Waals surface area contributed by atoms with Gasteiger partial charge in [-0.15, -0.1) is 0 Å². The summed E-state index contributed by atoms with van der Waals surface area (Å²) < 4.78 is 5.67. The van der Waals surface area contributed by atoms with Crippen molar-refractivity contribution in [3.8, 4) is 5.75 Å². The van der Waals surface area contributed by atoms with Crippen molar-refractivity contribution in [2.24, 2.45) is 11.8 Å². The molecule has 2 heteroatoms. The minimum absolute atomic E-state index is 0.685. The van der Waals surface area contributed by atoms with Gasteiger partial charge < -0.3 is 10.1 Å². The van der Waals surface area contributed by atoms with E-state index in [0.29, 0.717) is 6.04 Å². The van der Waals surface area contributed by atoms with E-state index in [4.69, 9.17) is 4.74 Å². The van der Waals surface area contributed by atoms with Gasteiger partial charge in [-0.05, 0) is 36.8 Å². The first-order valence-electron chi connectivity index (χ1n) is 6.68. The molecule has 2 rings (SSSR count). The Morgan fingerprint density at radius 2 is 1.94 bits per heavy atom. The molecule has 0 aliphatic heterocycles. The molecule has 2 nitrogen and oxygen atoms in total. The molecular weight excluding hydrogens is 210 g/mol. The largest absolute Gasteiger partial charge is 0.492 e. The van der Waals surface area contributed by atoms with Gasteiger partial charge in [-0.1, -0.05) is 32.0 Å². The van der Waals surface area contributed by atoms with Crippen LogP contribution in [-0.4, -0.2) is 19.2 Å². The van der Waals surface area contributed by atoms with Crippen LogP contribution in [0.5, 0.6) is 5.75 Å². The van der Waals surface area contributed by atoms with Crippen molar-refractivity contribution in [3.63, 3.8) is 0 Å². The Morgan fingerprint density at radius 3 is 2.59 bits per heavy atom. The highest BCUT2D eigenvalue weighted by Crippen LogP contribution is 2.30. The molecule has 0 saturated heterocycles. The third-order valence-electron chi connectivity index (χ3n) is 3.99. The van der Waals surface area contributed by atoms with E-state index in [1.54, 1.807) is 0 Å². The van der Waals surface area contributed by atoms with Crippen LogP contribution in [0.1, 0.15) is 26.7 Å². The Hall–Kier alpha value is -1.02. The summed E-state index contributed by atoms with van der Waals surface area (Å²) in [6.45, 7) is 6.40. The minimum atomic E-state index is 0.685. The van der Waals surface area contributed by atoms with E-state index < -0.39 is 0 Å². The molecule has 0 heterocycles. The second kappa shape index (κ2) is 6.06. The summed E-state index contributed by atoms with van der Waals surface area (Å²) in [5, 5.41) is 3.61. The third-order valence-corrected chi connectivity index (χ3v) is 3.99. The summed E-state index contributed by atoms with van der Waals surface area (Å²) in [6.07, 6.45) is 2.67. The molecule has 1 saturated carbocycles. The molecule has 3 atom stereocenters. The van der Waals surface area contributed by atoms with Crippen molar-refractivity contribution in [3.05, 3.63) is 30.3 Å². The zero-order chi connectivity index (χ0) is 12.1. The first-order valence-corrected chi connectivity index (χ1v) is 6.68. The first kappa shape index (κ1) is 12.4. The quantitative estimate of drug-likeness (QED) is 0.789. The van der Waals surface area contributed by atoms with Crippen molar-refractivity contribution in [1.82, 2.24) is 5.32 Å². The average Bonchev–Trinajstić information content (AvgIpc) is 2.67. The van der Waals surface area contributed by atoms with Crippen molar-refractivity contribution in [1.29, 1.82) is 0 Å². The molecule has 1 aromatic rings. The normalized spacial score (nSPS) is 28.2.